The Morgan fingerprint density at radius 2 is 1.83 bits per heavy atom. The summed E-state index contributed by atoms with van der Waals surface area (Å²) in [5.41, 5.74) is 8.57. The van der Waals surface area contributed by atoms with Crippen molar-refractivity contribution < 1.29 is 8.78 Å². The molecule has 0 saturated carbocycles. The molecule has 3 rings (SSSR count). The fourth-order valence-corrected chi connectivity index (χ4v) is 3.45. The third-order valence-electron chi connectivity index (χ3n) is 5.02. The molecule has 29 heavy (non-hydrogen) atoms. The fourth-order valence-electron chi connectivity index (χ4n) is 3.45. The molecule has 0 atom stereocenters. The van der Waals surface area contributed by atoms with Crippen LogP contribution in [0.5, 0.6) is 0 Å². The van der Waals surface area contributed by atoms with E-state index >= 15 is 0 Å². The third kappa shape index (κ3) is 5.73. The normalized spacial score (nSPS) is 11.8. The van der Waals surface area contributed by atoms with Gasteiger partial charge >= 0.3 is 0 Å². The van der Waals surface area contributed by atoms with Gasteiger partial charge in [0, 0.05) is 25.1 Å². The Morgan fingerprint density at radius 1 is 1.07 bits per heavy atom. The molecule has 0 aliphatic carbocycles. The molecule has 0 aliphatic rings. The number of hydrogen-bond donors (Lipinski definition) is 1. The lowest BCUT2D eigenvalue weighted by Crippen LogP contribution is -2.15. The maximum absolute atomic E-state index is 14.3. The van der Waals surface area contributed by atoms with Gasteiger partial charge in [-0.2, -0.15) is 5.10 Å². The molecule has 153 valence electrons. The van der Waals surface area contributed by atoms with Crippen LogP contribution in [0.25, 0.3) is 5.69 Å². The molecule has 0 amide bonds. The van der Waals surface area contributed by atoms with E-state index in [0.717, 1.165) is 48.2 Å². The Bertz CT molecular complexity index is 933. The van der Waals surface area contributed by atoms with Crippen molar-refractivity contribution in [3.63, 3.8) is 0 Å². The van der Waals surface area contributed by atoms with Crippen molar-refractivity contribution >= 4 is 0 Å². The van der Waals surface area contributed by atoms with Crippen LogP contribution in [0.2, 0.25) is 0 Å². The maximum atomic E-state index is 14.3. The Balaban J connectivity index is 1.94. The molecule has 0 aliphatic heterocycles. The number of unbranched alkanes of at least 4 members (excludes halogenated alkanes) is 1. The molecule has 2 N–H and O–H groups in total. The quantitative estimate of drug-likeness (QED) is 0.489. The highest BCUT2D eigenvalue weighted by molar-refractivity contribution is 5.39. The minimum atomic E-state index is -0.506. The van der Waals surface area contributed by atoms with Crippen LogP contribution in [0.15, 0.2) is 54.7 Å². The van der Waals surface area contributed by atoms with Gasteiger partial charge in [-0.15, -0.1) is 0 Å². The van der Waals surface area contributed by atoms with E-state index in [2.05, 4.69) is 37.5 Å². The van der Waals surface area contributed by atoms with Gasteiger partial charge in [0.1, 0.15) is 17.3 Å². The monoisotopic (exact) mass is 396 g/mol. The predicted octanol–water partition coefficient (Wildman–Crippen LogP) is 5.45. The first-order valence-corrected chi connectivity index (χ1v) is 10.0. The topological polar surface area (TPSA) is 43.8 Å². The maximum Gasteiger partial charge on any atom is 0.149 e. The van der Waals surface area contributed by atoms with Crippen LogP contribution < -0.4 is 5.73 Å². The van der Waals surface area contributed by atoms with Crippen molar-refractivity contribution in [1.29, 1.82) is 0 Å². The number of hydrogen-bond acceptors (Lipinski definition) is 2. The first-order valence-electron chi connectivity index (χ1n) is 10.0. The van der Waals surface area contributed by atoms with Gasteiger partial charge in [0.05, 0.1) is 5.69 Å². The smallest absolute Gasteiger partial charge is 0.149 e. The summed E-state index contributed by atoms with van der Waals surface area (Å²) in [6.07, 6.45) is 7.60. The van der Waals surface area contributed by atoms with Gasteiger partial charge < -0.3 is 5.73 Å². The molecule has 0 spiro atoms. The number of benzene rings is 2. The summed E-state index contributed by atoms with van der Waals surface area (Å²) in [5.74, 6) is -0.997. The van der Waals surface area contributed by atoms with Crippen molar-refractivity contribution in [2.75, 3.05) is 6.54 Å². The molecule has 1 aromatic heterocycles. The summed E-state index contributed by atoms with van der Waals surface area (Å²) in [5, 5.41) is 4.62. The van der Waals surface area contributed by atoms with Crippen LogP contribution in [-0.2, 0) is 6.42 Å². The molecule has 0 saturated heterocycles. The Labute approximate surface area is 171 Å². The van der Waals surface area contributed by atoms with Crippen LogP contribution in [0.4, 0.5) is 8.78 Å². The number of nitrogens with zero attached hydrogens (tertiary/aromatic N) is 2. The van der Waals surface area contributed by atoms with E-state index in [4.69, 9.17) is 5.73 Å². The molecule has 0 bridgehead atoms. The Morgan fingerprint density at radius 3 is 2.55 bits per heavy atom. The highest BCUT2D eigenvalue weighted by Crippen LogP contribution is 2.32. The second-order valence-electron chi connectivity index (χ2n) is 8.12. The zero-order valence-electron chi connectivity index (χ0n) is 17.0. The number of halogens is 2. The van der Waals surface area contributed by atoms with Crippen LogP contribution in [0, 0.1) is 23.5 Å². The van der Waals surface area contributed by atoms with E-state index in [1.54, 1.807) is 6.20 Å². The zero-order valence-corrected chi connectivity index (χ0v) is 17.0. The van der Waals surface area contributed by atoms with Gasteiger partial charge in [-0.25, -0.2) is 13.5 Å². The lowest BCUT2D eigenvalue weighted by Gasteiger charge is -2.23. The molecule has 1 heterocycles. The van der Waals surface area contributed by atoms with E-state index < -0.39 is 11.6 Å². The van der Waals surface area contributed by atoms with E-state index in [0.29, 0.717) is 13.0 Å². The number of rotatable bonds is 9. The average Bonchev–Trinajstić information content (AvgIpc) is 3.06. The summed E-state index contributed by atoms with van der Waals surface area (Å²) in [4.78, 5) is 0. The predicted molar refractivity (Wildman–Crippen MR) is 113 cm³/mol. The molecule has 5 heteroatoms. The minimum Gasteiger partial charge on any atom is -0.330 e. The molecule has 1 radical (unpaired) electrons. The SMILES string of the molecule is CC(C)([CH]c1nn(-c2cc(F)ccc2F)cc1Cc1ccccc1)CCCCN. The van der Waals surface area contributed by atoms with Crippen molar-refractivity contribution in [1.82, 2.24) is 9.78 Å². The summed E-state index contributed by atoms with van der Waals surface area (Å²) >= 11 is 0. The summed E-state index contributed by atoms with van der Waals surface area (Å²) in [6, 6.07) is 13.5. The highest BCUT2D eigenvalue weighted by atomic mass is 19.1. The van der Waals surface area contributed by atoms with Gasteiger partial charge in [-0.1, -0.05) is 50.6 Å². The Hall–Kier alpha value is -2.53. The molecular formula is C24H28F2N3. The average molecular weight is 397 g/mol. The zero-order chi connectivity index (χ0) is 20.9. The summed E-state index contributed by atoms with van der Waals surface area (Å²) in [7, 11) is 0. The lowest BCUT2D eigenvalue weighted by molar-refractivity contribution is 0.387. The van der Waals surface area contributed by atoms with Crippen LogP contribution >= 0.6 is 0 Å². The van der Waals surface area contributed by atoms with Crippen molar-refractivity contribution in [3.8, 4) is 5.69 Å². The van der Waals surface area contributed by atoms with E-state index in [9.17, 15) is 8.78 Å². The van der Waals surface area contributed by atoms with Gasteiger partial charge in [0.25, 0.3) is 0 Å². The third-order valence-corrected chi connectivity index (χ3v) is 5.02. The molecule has 2 aromatic carbocycles. The van der Waals surface area contributed by atoms with Gasteiger partial charge in [0.2, 0.25) is 0 Å². The van der Waals surface area contributed by atoms with Crippen molar-refractivity contribution in [3.05, 3.63) is 89.6 Å². The second kappa shape index (κ2) is 9.31. The van der Waals surface area contributed by atoms with Gasteiger partial charge in [-0.3, -0.25) is 0 Å². The number of nitrogens with two attached hydrogens (primary N) is 1. The standard InChI is InChI=1S/C24H28F2N3/c1-24(2,12-6-7-13-27)16-22-19(14-18-8-4-3-5-9-18)17-29(28-22)23-15-20(25)10-11-21(23)26/h3-5,8-11,15-17H,6-7,12-14,27H2,1-2H3. The van der Waals surface area contributed by atoms with E-state index in [1.807, 2.05) is 18.2 Å². The summed E-state index contributed by atoms with van der Waals surface area (Å²) in [6.45, 7) is 5.01. The van der Waals surface area contributed by atoms with Gasteiger partial charge in [-0.05, 0) is 48.1 Å². The van der Waals surface area contributed by atoms with Crippen LogP contribution in [-0.4, -0.2) is 16.3 Å². The molecule has 3 nitrogen and oxygen atoms in total. The lowest BCUT2D eigenvalue weighted by atomic mass is 9.81. The largest absolute Gasteiger partial charge is 0.330 e. The van der Waals surface area contributed by atoms with Gasteiger partial charge in [0.15, 0.2) is 0 Å². The molecular weight excluding hydrogens is 368 g/mol. The van der Waals surface area contributed by atoms with E-state index in [-0.39, 0.29) is 11.1 Å². The first kappa shape index (κ1) is 21.2. The van der Waals surface area contributed by atoms with Crippen molar-refractivity contribution in [2.45, 2.75) is 39.5 Å². The first-order chi connectivity index (χ1) is 13.9. The Kier molecular flexibility index (Phi) is 6.80. The highest BCUT2D eigenvalue weighted by Gasteiger charge is 2.23. The molecule has 0 fully saturated rings. The minimum absolute atomic E-state index is 0.0831. The second-order valence-corrected chi connectivity index (χ2v) is 8.12. The van der Waals surface area contributed by atoms with Crippen molar-refractivity contribution in [2.24, 2.45) is 11.1 Å². The van der Waals surface area contributed by atoms with Crippen LogP contribution in [0.1, 0.15) is 49.9 Å². The molecule has 3 aromatic rings. The molecule has 0 unspecified atom stereocenters. The van der Waals surface area contributed by atoms with Crippen LogP contribution in [0.3, 0.4) is 0 Å². The number of aromatic nitrogens is 2. The van der Waals surface area contributed by atoms with E-state index in [1.165, 1.54) is 10.7 Å². The summed E-state index contributed by atoms with van der Waals surface area (Å²) < 4.78 is 29.5. The fraction of sp³-hybridized carbons (Fsp3) is 0.333.